The van der Waals surface area contributed by atoms with Crippen LogP contribution in [0.2, 0.25) is 0 Å². The fraction of sp³-hybridized carbons (Fsp3) is 0.750. The Balaban J connectivity index is 0. The molecule has 7 nitrogen and oxygen atoms in total. The third kappa shape index (κ3) is 18.7. The summed E-state index contributed by atoms with van der Waals surface area (Å²) in [5.41, 5.74) is 0. The molecule has 0 aliphatic heterocycles. The summed E-state index contributed by atoms with van der Waals surface area (Å²) in [6, 6.07) is 0. The van der Waals surface area contributed by atoms with Gasteiger partial charge in [0.15, 0.2) is 0 Å². The van der Waals surface area contributed by atoms with Gasteiger partial charge in [0.25, 0.3) is 0 Å². The molecule has 0 bridgehead atoms. The normalized spacial score (nSPS) is 10.5. The van der Waals surface area contributed by atoms with E-state index < -0.39 is 27.2 Å². The monoisotopic (exact) mass is 256 g/mol. The summed E-state index contributed by atoms with van der Waals surface area (Å²) in [6.07, 6.45) is 1.28. The molecule has 0 rings (SSSR count). The summed E-state index contributed by atoms with van der Waals surface area (Å²) >= 11 is 0. The zero-order valence-electron chi connectivity index (χ0n) is 9.52. The average molecular weight is 256 g/mol. The Bertz CT molecular complexity index is 226. The molecular weight excluding hydrogens is 239 g/mol. The van der Waals surface area contributed by atoms with Crippen molar-refractivity contribution in [1.29, 1.82) is 0 Å². The van der Waals surface area contributed by atoms with E-state index in [1.165, 1.54) is 12.8 Å². The molecule has 16 heavy (non-hydrogen) atoms. The Morgan fingerprint density at radius 2 is 1.69 bits per heavy atom. The van der Waals surface area contributed by atoms with Crippen LogP contribution in [0.1, 0.15) is 33.6 Å². The lowest BCUT2D eigenvalue weighted by atomic mass is 10.4. The summed E-state index contributed by atoms with van der Waals surface area (Å²) in [6.45, 7) is 4.84. The second-order valence-corrected chi connectivity index (χ2v) is 3.25. The molecule has 0 aromatic rings. The number of rotatable bonds is 4. The van der Waals surface area contributed by atoms with Gasteiger partial charge in [-0.2, -0.15) is 0 Å². The van der Waals surface area contributed by atoms with Crippen LogP contribution in [0.25, 0.3) is 0 Å². The number of hydrogen-bond donors (Lipinski definition) is 1. The van der Waals surface area contributed by atoms with Gasteiger partial charge in [-0.05, 0) is 0 Å². The Kier molecular flexibility index (Phi) is 13.0. The zero-order valence-corrected chi connectivity index (χ0v) is 10.5. The molecule has 0 aromatic heterocycles. The number of hydrogen-bond acceptors (Lipinski definition) is 6. The first-order valence-electron chi connectivity index (χ1n) is 4.64. The van der Waals surface area contributed by atoms with Gasteiger partial charge in [0, 0.05) is 6.92 Å². The van der Waals surface area contributed by atoms with Gasteiger partial charge in [-0.15, -0.1) is 0 Å². The number of esters is 1. The molecule has 0 radical (unpaired) electrons. The molecule has 1 atom stereocenters. The predicted molar refractivity (Wildman–Crippen MR) is 56.0 cm³/mol. The van der Waals surface area contributed by atoms with E-state index in [9.17, 15) is 14.2 Å². The molecule has 1 N–H and O–H groups in total. The van der Waals surface area contributed by atoms with E-state index in [1.807, 2.05) is 0 Å². The van der Waals surface area contributed by atoms with Crippen molar-refractivity contribution in [2.45, 2.75) is 33.6 Å². The Labute approximate surface area is 94.6 Å². The van der Waals surface area contributed by atoms with Crippen molar-refractivity contribution in [2.24, 2.45) is 0 Å². The largest absolute Gasteiger partial charge is 0.517 e. The molecule has 0 saturated heterocycles. The molecule has 8 heteroatoms. The van der Waals surface area contributed by atoms with Crippen LogP contribution in [0.3, 0.4) is 0 Å². The smallest absolute Gasteiger partial charge is 0.428 e. The van der Waals surface area contributed by atoms with Gasteiger partial charge >= 0.3 is 20.4 Å². The van der Waals surface area contributed by atoms with E-state index in [-0.39, 0.29) is 0 Å². The van der Waals surface area contributed by atoms with Crippen LogP contribution >= 0.6 is 8.25 Å². The molecule has 0 saturated carbocycles. The minimum absolute atomic E-state index is 0.636. The Morgan fingerprint density at radius 3 is 2.00 bits per heavy atom. The minimum Gasteiger partial charge on any atom is -0.428 e. The average Bonchev–Trinajstić information content (AvgIpc) is 2.16. The van der Waals surface area contributed by atoms with Crippen molar-refractivity contribution in [2.75, 3.05) is 6.79 Å². The predicted octanol–water partition coefficient (Wildman–Crippen LogP) is 1.85. The summed E-state index contributed by atoms with van der Waals surface area (Å²) in [4.78, 5) is 28.4. The van der Waals surface area contributed by atoms with Crippen LogP contribution in [0.15, 0.2) is 0 Å². The van der Waals surface area contributed by atoms with Crippen molar-refractivity contribution < 1.29 is 33.0 Å². The molecule has 0 aromatic carbocycles. The van der Waals surface area contributed by atoms with Gasteiger partial charge in [-0.1, -0.05) is 26.7 Å². The summed E-state index contributed by atoms with van der Waals surface area (Å²) in [5.74, 6) is -0.639. The van der Waals surface area contributed by atoms with Crippen molar-refractivity contribution in [3.05, 3.63) is 0 Å². The lowest BCUT2D eigenvalue weighted by molar-refractivity contribution is -0.149. The molecule has 96 valence electrons. The highest BCUT2D eigenvalue weighted by atomic mass is 31.1. The standard InChI is InChI=1S/C4H7O7P.C4H10/c1-3(5)9-2-10-4(6)11-12(7)8;1-3-4-2/h12H,2H2,1H3,(H,7,8);3-4H2,1-2H3. The lowest BCUT2D eigenvalue weighted by Crippen LogP contribution is -2.09. The Morgan fingerprint density at radius 1 is 1.19 bits per heavy atom. The number of carbonyl (C=O) groups excluding carboxylic acids is 2. The van der Waals surface area contributed by atoms with Gasteiger partial charge in [0.1, 0.15) is 0 Å². The molecular formula is C8H17O7P. The van der Waals surface area contributed by atoms with Crippen LogP contribution in [0.4, 0.5) is 4.79 Å². The molecule has 0 aliphatic rings. The molecule has 1 unspecified atom stereocenters. The van der Waals surface area contributed by atoms with Crippen LogP contribution in [0.5, 0.6) is 0 Å². The second kappa shape index (κ2) is 12.0. The SMILES string of the molecule is CC(=O)OCOC(=O)O[PH](=O)O.CCCC. The topological polar surface area (TPSA) is 99.1 Å². The maximum Gasteiger partial charge on any atom is 0.517 e. The van der Waals surface area contributed by atoms with E-state index in [0.29, 0.717) is 0 Å². The Hall–Kier alpha value is -1.07. The van der Waals surface area contributed by atoms with Crippen molar-refractivity contribution in [3.63, 3.8) is 0 Å². The first-order valence-corrected chi connectivity index (χ1v) is 5.91. The van der Waals surface area contributed by atoms with Gasteiger partial charge in [-0.25, -0.2) is 9.36 Å². The highest BCUT2D eigenvalue weighted by Gasteiger charge is 2.06. The maximum absolute atomic E-state index is 10.3. The van der Waals surface area contributed by atoms with Gasteiger partial charge in [0.2, 0.25) is 6.79 Å². The zero-order chi connectivity index (χ0) is 13.0. The van der Waals surface area contributed by atoms with E-state index in [2.05, 4.69) is 27.8 Å². The van der Waals surface area contributed by atoms with E-state index in [0.717, 1.165) is 6.92 Å². The fourth-order valence-electron chi connectivity index (χ4n) is 0.261. The van der Waals surface area contributed by atoms with Crippen LogP contribution < -0.4 is 0 Å². The molecule has 0 aliphatic carbocycles. The summed E-state index contributed by atoms with van der Waals surface area (Å²) in [7, 11) is -3.35. The maximum atomic E-state index is 10.3. The second-order valence-electron chi connectivity index (χ2n) is 2.52. The van der Waals surface area contributed by atoms with Crippen LogP contribution in [0, 0.1) is 0 Å². The molecule has 0 heterocycles. The first kappa shape index (κ1) is 17.3. The van der Waals surface area contributed by atoms with Gasteiger partial charge in [0.05, 0.1) is 0 Å². The number of carbonyl (C=O) groups is 2. The van der Waals surface area contributed by atoms with E-state index >= 15 is 0 Å². The van der Waals surface area contributed by atoms with Crippen LogP contribution in [-0.4, -0.2) is 23.8 Å². The highest BCUT2D eigenvalue weighted by Crippen LogP contribution is 2.14. The van der Waals surface area contributed by atoms with Crippen LogP contribution in [-0.2, 0) is 23.4 Å². The number of unbranched alkanes of at least 4 members (excludes halogenated alkanes) is 1. The van der Waals surface area contributed by atoms with E-state index in [4.69, 9.17) is 4.89 Å². The summed E-state index contributed by atoms with van der Waals surface area (Å²) in [5, 5.41) is 0. The van der Waals surface area contributed by atoms with E-state index in [1.54, 1.807) is 0 Å². The third-order valence-electron chi connectivity index (χ3n) is 1.11. The first-order chi connectivity index (χ1) is 7.43. The summed E-state index contributed by atoms with van der Waals surface area (Å²) < 4.78 is 21.7. The third-order valence-corrected chi connectivity index (χ3v) is 1.45. The van der Waals surface area contributed by atoms with Crippen molar-refractivity contribution >= 4 is 20.4 Å². The molecule has 0 spiro atoms. The highest BCUT2D eigenvalue weighted by molar-refractivity contribution is 7.32. The fourth-order valence-corrected chi connectivity index (χ4v) is 0.463. The van der Waals surface area contributed by atoms with Gasteiger partial charge < -0.3 is 18.9 Å². The lowest BCUT2D eigenvalue weighted by Gasteiger charge is -2.02. The van der Waals surface area contributed by atoms with Gasteiger partial charge in [-0.3, -0.25) is 4.79 Å². The number of ether oxygens (including phenoxy) is 2. The van der Waals surface area contributed by atoms with Crippen molar-refractivity contribution in [1.82, 2.24) is 0 Å². The molecule has 0 fully saturated rings. The molecule has 0 amide bonds. The quantitative estimate of drug-likeness (QED) is 0.465. The van der Waals surface area contributed by atoms with Crippen molar-refractivity contribution in [3.8, 4) is 0 Å². The minimum atomic E-state index is -3.35.